The summed E-state index contributed by atoms with van der Waals surface area (Å²) in [6, 6.07) is 17.9. The highest BCUT2D eigenvalue weighted by Gasteiger charge is 2.10. The van der Waals surface area contributed by atoms with Gasteiger partial charge in [0.2, 0.25) is 0 Å². The van der Waals surface area contributed by atoms with Crippen LogP contribution in [0.5, 0.6) is 5.75 Å². The third-order valence-corrected chi connectivity index (χ3v) is 3.57. The summed E-state index contributed by atoms with van der Waals surface area (Å²) in [5, 5.41) is 10.3. The van der Waals surface area contributed by atoms with Gasteiger partial charge in [-0.3, -0.25) is 0 Å². The van der Waals surface area contributed by atoms with Gasteiger partial charge in [0.25, 0.3) is 0 Å². The highest BCUT2D eigenvalue weighted by Crippen LogP contribution is 2.22. The summed E-state index contributed by atoms with van der Waals surface area (Å²) >= 11 is 0. The van der Waals surface area contributed by atoms with Crippen LogP contribution in [0.2, 0.25) is 0 Å². The molecule has 0 saturated carbocycles. The molecule has 1 atom stereocenters. The van der Waals surface area contributed by atoms with Crippen LogP contribution >= 0.6 is 0 Å². The molecular formula is C19H25NO2. The summed E-state index contributed by atoms with van der Waals surface area (Å²) in [6.07, 6.45) is 0.394. The average molecular weight is 299 g/mol. The van der Waals surface area contributed by atoms with Crippen molar-refractivity contribution in [2.75, 3.05) is 18.5 Å². The Morgan fingerprint density at radius 3 is 2.23 bits per heavy atom. The van der Waals surface area contributed by atoms with Gasteiger partial charge in [0.1, 0.15) is 5.75 Å². The summed E-state index contributed by atoms with van der Waals surface area (Å²) in [7, 11) is 2.04. The fourth-order valence-electron chi connectivity index (χ4n) is 2.33. The Morgan fingerprint density at radius 1 is 1.00 bits per heavy atom. The van der Waals surface area contributed by atoms with E-state index in [2.05, 4.69) is 17.0 Å². The van der Waals surface area contributed by atoms with Gasteiger partial charge in [-0.2, -0.15) is 0 Å². The molecule has 118 valence electrons. The molecule has 3 nitrogen and oxygen atoms in total. The lowest BCUT2D eigenvalue weighted by Crippen LogP contribution is -2.20. The second-order valence-electron chi connectivity index (χ2n) is 5.80. The number of benzene rings is 2. The van der Waals surface area contributed by atoms with Gasteiger partial charge < -0.3 is 14.7 Å². The third-order valence-electron chi connectivity index (χ3n) is 3.57. The fourth-order valence-corrected chi connectivity index (χ4v) is 2.33. The number of ether oxygens (including phenoxy) is 1. The Balaban J connectivity index is 1.88. The summed E-state index contributed by atoms with van der Waals surface area (Å²) in [5.41, 5.74) is 2.09. The molecule has 3 heteroatoms. The Bertz CT molecular complexity index is 551. The van der Waals surface area contributed by atoms with Crippen molar-refractivity contribution in [3.63, 3.8) is 0 Å². The first-order valence-electron chi connectivity index (χ1n) is 7.77. The van der Waals surface area contributed by atoms with Gasteiger partial charge in [-0.1, -0.05) is 30.3 Å². The molecule has 1 N–H and O–H groups in total. The Labute approximate surface area is 133 Å². The molecule has 0 radical (unpaired) electrons. The maximum atomic E-state index is 10.3. The normalized spacial score (nSPS) is 12.2. The van der Waals surface area contributed by atoms with Crippen molar-refractivity contribution < 1.29 is 9.84 Å². The molecule has 0 saturated heterocycles. The zero-order chi connectivity index (χ0) is 15.9. The van der Waals surface area contributed by atoms with E-state index in [1.165, 1.54) is 0 Å². The lowest BCUT2D eigenvalue weighted by Gasteiger charge is -2.21. The van der Waals surface area contributed by atoms with Gasteiger partial charge in [-0.05, 0) is 50.1 Å². The van der Waals surface area contributed by atoms with E-state index in [4.69, 9.17) is 4.74 Å². The summed E-state index contributed by atoms with van der Waals surface area (Å²) in [4.78, 5) is 2.15. The Morgan fingerprint density at radius 2 is 1.64 bits per heavy atom. The molecule has 0 aliphatic carbocycles. The number of nitrogens with zero attached hydrogens (tertiary/aromatic N) is 1. The highest BCUT2D eigenvalue weighted by molar-refractivity contribution is 5.44. The predicted molar refractivity (Wildman–Crippen MR) is 91.5 cm³/mol. The van der Waals surface area contributed by atoms with Crippen molar-refractivity contribution in [1.82, 2.24) is 0 Å². The highest BCUT2D eigenvalue weighted by atomic mass is 16.5. The molecule has 0 aliphatic rings. The minimum absolute atomic E-state index is 0.162. The van der Waals surface area contributed by atoms with Crippen LogP contribution in [0.4, 0.5) is 5.69 Å². The van der Waals surface area contributed by atoms with E-state index in [1.807, 2.05) is 63.4 Å². The second kappa shape index (κ2) is 7.85. The number of hydrogen-bond acceptors (Lipinski definition) is 3. The van der Waals surface area contributed by atoms with Crippen molar-refractivity contribution in [3.8, 4) is 5.75 Å². The number of aliphatic hydroxyl groups excluding tert-OH is 1. The minimum Gasteiger partial charge on any atom is -0.491 e. The number of anilines is 1. The van der Waals surface area contributed by atoms with Gasteiger partial charge in [0.15, 0.2) is 0 Å². The third kappa shape index (κ3) is 4.78. The van der Waals surface area contributed by atoms with Crippen LogP contribution in [0.1, 0.15) is 31.9 Å². The molecule has 22 heavy (non-hydrogen) atoms. The topological polar surface area (TPSA) is 32.7 Å². The van der Waals surface area contributed by atoms with Crippen LogP contribution in [0.25, 0.3) is 0 Å². The average Bonchev–Trinajstić information content (AvgIpc) is 2.53. The Kier molecular flexibility index (Phi) is 5.84. The van der Waals surface area contributed by atoms with Gasteiger partial charge in [0.05, 0.1) is 12.2 Å². The van der Waals surface area contributed by atoms with Crippen molar-refractivity contribution in [2.45, 2.75) is 32.5 Å². The summed E-state index contributed by atoms with van der Waals surface area (Å²) < 4.78 is 5.62. The molecule has 1 unspecified atom stereocenters. The maximum absolute atomic E-state index is 10.3. The first-order chi connectivity index (χ1) is 10.6. The molecule has 0 bridgehead atoms. The lowest BCUT2D eigenvalue weighted by atomic mass is 10.1. The summed E-state index contributed by atoms with van der Waals surface area (Å²) in [6.45, 7) is 4.81. The zero-order valence-electron chi connectivity index (χ0n) is 13.6. The Hall–Kier alpha value is -2.00. The monoisotopic (exact) mass is 299 g/mol. The number of rotatable bonds is 7. The van der Waals surface area contributed by atoms with E-state index < -0.39 is 6.10 Å². The largest absolute Gasteiger partial charge is 0.491 e. The molecule has 2 rings (SSSR count). The van der Waals surface area contributed by atoms with Crippen molar-refractivity contribution in [3.05, 3.63) is 60.2 Å². The molecule has 0 heterocycles. The molecule has 0 aliphatic heterocycles. The van der Waals surface area contributed by atoms with Crippen LogP contribution in [-0.4, -0.2) is 24.8 Å². The standard InChI is InChI=1S/C19H25NO2/c1-15(2)22-18-11-9-16(10-12-18)19(21)13-14-20(3)17-7-5-4-6-8-17/h4-12,15,19,21H,13-14H2,1-3H3. The van der Waals surface area contributed by atoms with Crippen molar-refractivity contribution in [1.29, 1.82) is 0 Å². The molecule has 0 fully saturated rings. The number of para-hydroxylation sites is 1. The lowest BCUT2D eigenvalue weighted by molar-refractivity contribution is 0.169. The van der Waals surface area contributed by atoms with E-state index in [0.717, 1.165) is 23.5 Å². The van der Waals surface area contributed by atoms with Crippen LogP contribution < -0.4 is 9.64 Å². The summed E-state index contributed by atoms with van der Waals surface area (Å²) in [5.74, 6) is 0.840. The quantitative estimate of drug-likeness (QED) is 0.837. The van der Waals surface area contributed by atoms with Crippen molar-refractivity contribution in [2.24, 2.45) is 0 Å². The molecule has 0 amide bonds. The second-order valence-corrected chi connectivity index (χ2v) is 5.80. The SMILES string of the molecule is CC(C)Oc1ccc(C(O)CCN(C)c2ccccc2)cc1. The molecular weight excluding hydrogens is 274 g/mol. The number of aliphatic hydroxyl groups is 1. The van der Waals surface area contributed by atoms with Gasteiger partial charge in [-0.25, -0.2) is 0 Å². The molecule has 0 aromatic heterocycles. The predicted octanol–water partition coefficient (Wildman–Crippen LogP) is 4.03. The van der Waals surface area contributed by atoms with Crippen LogP contribution in [0.3, 0.4) is 0 Å². The van der Waals surface area contributed by atoms with Crippen LogP contribution in [0.15, 0.2) is 54.6 Å². The number of hydrogen-bond donors (Lipinski definition) is 1. The van der Waals surface area contributed by atoms with Gasteiger partial charge in [-0.15, -0.1) is 0 Å². The smallest absolute Gasteiger partial charge is 0.119 e. The molecule has 2 aromatic carbocycles. The van der Waals surface area contributed by atoms with Crippen molar-refractivity contribution >= 4 is 5.69 Å². The maximum Gasteiger partial charge on any atom is 0.119 e. The van der Waals surface area contributed by atoms with E-state index in [9.17, 15) is 5.11 Å². The van der Waals surface area contributed by atoms with E-state index in [0.29, 0.717) is 6.42 Å². The minimum atomic E-state index is -0.459. The first kappa shape index (κ1) is 16.4. The molecule has 0 spiro atoms. The van der Waals surface area contributed by atoms with E-state index >= 15 is 0 Å². The first-order valence-corrected chi connectivity index (χ1v) is 7.77. The molecule has 2 aromatic rings. The van der Waals surface area contributed by atoms with E-state index in [1.54, 1.807) is 0 Å². The van der Waals surface area contributed by atoms with E-state index in [-0.39, 0.29) is 6.10 Å². The van der Waals surface area contributed by atoms with Crippen LogP contribution in [0, 0.1) is 0 Å². The zero-order valence-corrected chi connectivity index (χ0v) is 13.6. The fraction of sp³-hybridized carbons (Fsp3) is 0.368. The van der Waals surface area contributed by atoms with Gasteiger partial charge >= 0.3 is 0 Å². The van der Waals surface area contributed by atoms with Gasteiger partial charge in [0, 0.05) is 19.3 Å². The van der Waals surface area contributed by atoms with Crippen LogP contribution in [-0.2, 0) is 0 Å².